The lowest BCUT2D eigenvalue weighted by Gasteiger charge is -2.03. The van der Waals surface area contributed by atoms with E-state index in [-0.39, 0.29) is 11.9 Å². The fraction of sp³-hybridized carbons (Fsp3) is 0.833. The highest BCUT2D eigenvalue weighted by Gasteiger charge is 2.26. The van der Waals surface area contributed by atoms with E-state index in [1.165, 1.54) is 0 Å². The maximum absolute atomic E-state index is 10.6. The van der Waals surface area contributed by atoms with Crippen molar-refractivity contribution in [2.24, 2.45) is 17.4 Å². The fourth-order valence-electron chi connectivity index (χ4n) is 1.21. The third kappa shape index (κ3) is 1.46. The summed E-state index contributed by atoms with van der Waals surface area (Å²) in [6.45, 7) is 1.46. The molecular weight excluding hydrogens is 130 g/mol. The van der Waals surface area contributed by atoms with Crippen LogP contribution in [0.25, 0.3) is 0 Å². The van der Waals surface area contributed by atoms with Crippen LogP contribution in [0.2, 0.25) is 0 Å². The largest absolute Gasteiger partial charge is 0.368 e. The summed E-state index contributed by atoms with van der Waals surface area (Å²) in [6, 6.07) is -0.145. The van der Waals surface area contributed by atoms with Crippen molar-refractivity contribution in [2.45, 2.75) is 12.5 Å². The Morgan fingerprint density at radius 1 is 1.70 bits per heavy atom. The van der Waals surface area contributed by atoms with Crippen LogP contribution < -0.4 is 16.8 Å². The van der Waals surface area contributed by atoms with Crippen molar-refractivity contribution in [3.63, 3.8) is 0 Å². The minimum atomic E-state index is -0.268. The van der Waals surface area contributed by atoms with Crippen LogP contribution >= 0.6 is 0 Å². The predicted octanol–water partition coefficient (Wildman–Crippen LogP) is -1.59. The number of primary amides is 1. The van der Waals surface area contributed by atoms with Crippen LogP contribution in [-0.4, -0.2) is 25.0 Å². The summed E-state index contributed by atoms with van der Waals surface area (Å²) < 4.78 is 0. The van der Waals surface area contributed by atoms with Gasteiger partial charge >= 0.3 is 0 Å². The number of nitrogens with one attached hydrogen (secondary N) is 1. The fourth-order valence-corrected chi connectivity index (χ4v) is 1.21. The number of carbonyl (C=O) groups is 1. The SMILES string of the molecule is NC[C@@H]1CN[C@H](C(N)=O)C1. The van der Waals surface area contributed by atoms with Crippen LogP contribution in [0.15, 0.2) is 0 Å². The first-order valence-electron chi connectivity index (χ1n) is 3.46. The first-order chi connectivity index (χ1) is 4.74. The highest BCUT2D eigenvalue weighted by Crippen LogP contribution is 2.11. The van der Waals surface area contributed by atoms with Crippen LogP contribution in [0.1, 0.15) is 6.42 Å². The first-order valence-corrected chi connectivity index (χ1v) is 3.46. The predicted molar refractivity (Wildman–Crippen MR) is 38.1 cm³/mol. The Hall–Kier alpha value is -0.610. The van der Waals surface area contributed by atoms with Crippen LogP contribution in [0.5, 0.6) is 0 Å². The maximum atomic E-state index is 10.6. The lowest BCUT2D eigenvalue weighted by atomic mass is 10.1. The molecule has 1 rings (SSSR count). The molecule has 1 saturated heterocycles. The van der Waals surface area contributed by atoms with Crippen molar-refractivity contribution >= 4 is 5.91 Å². The minimum Gasteiger partial charge on any atom is -0.368 e. The van der Waals surface area contributed by atoms with Crippen LogP contribution in [-0.2, 0) is 4.79 Å². The number of carbonyl (C=O) groups excluding carboxylic acids is 1. The normalized spacial score (nSPS) is 32.5. The minimum absolute atomic E-state index is 0.145. The standard InChI is InChI=1S/C6H13N3O/c7-2-4-1-5(6(8)10)9-3-4/h4-5,9H,1-3,7H2,(H2,8,10)/t4-,5+/m1/s1. The molecule has 4 heteroatoms. The Morgan fingerprint density at radius 2 is 2.40 bits per heavy atom. The Morgan fingerprint density at radius 3 is 2.70 bits per heavy atom. The monoisotopic (exact) mass is 143 g/mol. The molecule has 1 amide bonds. The smallest absolute Gasteiger partial charge is 0.234 e. The number of rotatable bonds is 2. The van der Waals surface area contributed by atoms with Crippen LogP contribution in [0.4, 0.5) is 0 Å². The summed E-state index contributed by atoms with van der Waals surface area (Å²) in [5.74, 6) is 0.161. The van der Waals surface area contributed by atoms with E-state index in [4.69, 9.17) is 11.5 Å². The molecule has 1 aliphatic heterocycles. The van der Waals surface area contributed by atoms with Gasteiger partial charge in [-0.25, -0.2) is 0 Å². The van der Waals surface area contributed by atoms with Gasteiger partial charge in [0.05, 0.1) is 6.04 Å². The van der Waals surface area contributed by atoms with E-state index < -0.39 is 0 Å². The van der Waals surface area contributed by atoms with Gasteiger partial charge in [0, 0.05) is 0 Å². The van der Waals surface area contributed by atoms with Gasteiger partial charge in [-0.1, -0.05) is 0 Å². The quantitative estimate of drug-likeness (QED) is 0.436. The molecule has 0 radical (unpaired) electrons. The zero-order chi connectivity index (χ0) is 7.56. The van der Waals surface area contributed by atoms with Crippen molar-refractivity contribution in [1.29, 1.82) is 0 Å². The van der Waals surface area contributed by atoms with Gasteiger partial charge in [0.15, 0.2) is 0 Å². The molecule has 0 aromatic heterocycles. The summed E-state index contributed by atoms with van der Waals surface area (Å²) in [7, 11) is 0. The van der Waals surface area contributed by atoms with Gasteiger partial charge in [-0.3, -0.25) is 4.79 Å². The molecule has 4 nitrogen and oxygen atoms in total. The molecule has 0 saturated carbocycles. The molecule has 0 aromatic rings. The third-order valence-corrected chi connectivity index (χ3v) is 1.90. The first kappa shape index (κ1) is 7.50. The Kier molecular flexibility index (Phi) is 2.24. The molecule has 1 fully saturated rings. The maximum Gasteiger partial charge on any atom is 0.234 e. The van der Waals surface area contributed by atoms with Crippen molar-refractivity contribution in [3.8, 4) is 0 Å². The van der Waals surface area contributed by atoms with E-state index in [1.54, 1.807) is 0 Å². The highest BCUT2D eigenvalue weighted by molar-refractivity contribution is 5.80. The molecule has 1 aliphatic rings. The Balaban J connectivity index is 2.35. The molecule has 1 heterocycles. The second-order valence-corrected chi connectivity index (χ2v) is 2.70. The summed E-state index contributed by atoms with van der Waals surface area (Å²) in [5.41, 5.74) is 10.5. The number of hydrogen-bond acceptors (Lipinski definition) is 3. The van der Waals surface area contributed by atoms with Gasteiger partial charge in [-0.15, -0.1) is 0 Å². The molecule has 0 aliphatic carbocycles. The van der Waals surface area contributed by atoms with Gasteiger partial charge in [-0.05, 0) is 25.4 Å². The van der Waals surface area contributed by atoms with Gasteiger partial charge in [0.1, 0.15) is 0 Å². The summed E-state index contributed by atoms with van der Waals surface area (Å²) in [4.78, 5) is 10.6. The molecule has 0 spiro atoms. The molecular formula is C6H13N3O. The van der Waals surface area contributed by atoms with E-state index >= 15 is 0 Å². The number of amides is 1. The molecule has 5 N–H and O–H groups in total. The van der Waals surface area contributed by atoms with E-state index in [0.29, 0.717) is 12.5 Å². The Labute approximate surface area is 59.9 Å². The van der Waals surface area contributed by atoms with Crippen molar-refractivity contribution in [1.82, 2.24) is 5.32 Å². The van der Waals surface area contributed by atoms with E-state index in [9.17, 15) is 4.79 Å². The van der Waals surface area contributed by atoms with Crippen LogP contribution in [0, 0.1) is 5.92 Å². The third-order valence-electron chi connectivity index (χ3n) is 1.90. The average Bonchev–Trinajstić information content (AvgIpc) is 2.34. The second-order valence-electron chi connectivity index (χ2n) is 2.70. The lowest BCUT2D eigenvalue weighted by Crippen LogP contribution is -2.36. The molecule has 2 atom stereocenters. The molecule has 0 bridgehead atoms. The van der Waals surface area contributed by atoms with Gasteiger partial charge in [0.2, 0.25) is 5.91 Å². The van der Waals surface area contributed by atoms with E-state index in [1.807, 2.05) is 0 Å². The van der Waals surface area contributed by atoms with E-state index in [0.717, 1.165) is 13.0 Å². The summed E-state index contributed by atoms with van der Waals surface area (Å²) in [5, 5.41) is 3.00. The van der Waals surface area contributed by atoms with Crippen LogP contribution in [0.3, 0.4) is 0 Å². The summed E-state index contributed by atoms with van der Waals surface area (Å²) in [6.07, 6.45) is 0.797. The zero-order valence-corrected chi connectivity index (χ0v) is 5.84. The molecule has 10 heavy (non-hydrogen) atoms. The second kappa shape index (κ2) is 2.98. The number of nitrogens with two attached hydrogens (primary N) is 2. The molecule has 0 unspecified atom stereocenters. The van der Waals surface area contributed by atoms with Crippen molar-refractivity contribution < 1.29 is 4.79 Å². The summed E-state index contributed by atoms with van der Waals surface area (Å²) >= 11 is 0. The molecule has 0 aromatic carbocycles. The van der Waals surface area contributed by atoms with Crippen molar-refractivity contribution in [3.05, 3.63) is 0 Å². The van der Waals surface area contributed by atoms with E-state index in [2.05, 4.69) is 5.32 Å². The highest BCUT2D eigenvalue weighted by atomic mass is 16.1. The van der Waals surface area contributed by atoms with Gasteiger partial charge < -0.3 is 16.8 Å². The number of hydrogen-bond donors (Lipinski definition) is 3. The zero-order valence-electron chi connectivity index (χ0n) is 5.84. The molecule has 58 valence electrons. The topological polar surface area (TPSA) is 81.1 Å². The Bertz CT molecular complexity index is 137. The van der Waals surface area contributed by atoms with Gasteiger partial charge in [0.25, 0.3) is 0 Å². The lowest BCUT2D eigenvalue weighted by molar-refractivity contribution is -0.119. The van der Waals surface area contributed by atoms with Gasteiger partial charge in [-0.2, -0.15) is 0 Å². The van der Waals surface area contributed by atoms with Crippen molar-refractivity contribution in [2.75, 3.05) is 13.1 Å². The average molecular weight is 143 g/mol.